The van der Waals surface area contributed by atoms with Gasteiger partial charge in [-0.2, -0.15) is 0 Å². The summed E-state index contributed by atoms with van der Waals surface area (Å²) in [6, 6.07) is 11.9. The minimum absolute atomic E-state index is 0.00289. The third-order valence-electron chi connectivity index (χ3n) is 3.72. The van der Waals surface area contributed by atoms with Crippen molar-refractivity contribution in [2.24, 2.45) is 0 Å². The number of nitrogens with zero attached hydrogens (tertiary/aromatic N) is 1. The van der Waals surface area contributed by atoms with Crippen LogP contribution < -0.4 is 19.7 Å². The molecular weight excluding hydrogens is 340 g/mol. The Hall–Kier alpha value is -3.06. The second-order valence-corrected chi connectivity index (χ2v) is 5.64. The van der Waals surface area contributed by atoms with Gasteiger partial charge in [0.25, 0.3) is 5.91 Å². The lowest BCUT2D eigenvalue weighted by Crippen LogP contribution is -2.30. The molecule has 0 saturated carbocycles. The molecule has 0 atom stereocenters. The van der Waals surface area contributed by atoms with Gasteiger partial charge in [0, 0.05) is 0 Å². The fourth-order valence-corrected chi connectivity index (χ4v) is 2.76. The molecule has 0 aromatic heterocycles. The van der Waals surface area contributed by atoms with Crippen LogP contribution >= 0.6 is 12.2 Å². The highest BCUT2D eigenvalue weighted by Crippen LogP contribution is 2.28. The largest absolute Gasteiger partial charge is 0.504 e. The number of benzene rings is 2. The fraction of sp³-hybridized carbons (Fsp3) is 0.111. The van der Waals surface area contributed by atoms with Gasteiger partial charge in [0.15, 0.2) is 16.6 Å². The lowest BCUT2D eigenvalue weighted by Gasteiger charge is -2.14. The van der Waals surface area contributed by atoms with Crippen molar-refractivity contribution in [3.05, 3.63) is 53.7 Å². The molecule has 3 rings (SSSR count). The van der Waals surface area contributed by atoms with Gasteiger partial charge in [-0.1, -0.05) is 6.07 Å². The van der Waals surface area contributed by atoms with Crippen LogP contribution in [0.25, 0.3) is 6.08 Å². The Balaban J connectivity index is 1.88. The molecule has 0 spiro atoms. The Morgan fingerprint density at radius 3 is 2.44 bits per heavy atom. The number of thiocarbonyl (C=S) groups is 1. The number of carbonyl (C=O) groups excluding carboxylic acids is 1. The van der Waals surface area contributed by atoms with Crippen LogP contribution in [0, 0.1) is 0 Å². The summed E-state index contributed by atoms with van der Waals surface area (Å²) in [6.45, 7) is 0. The number of hydrogen-bond donors (Lipinski definition) is 2. The van der Waals surface area contributed by atoms with Crippen molar-refractivity contribution in [2.75, 3.05) is 19.1 Å². The molecule has 0 radical (unpaired) electrons. The van der Waals surface area contributed by atoms with Crippen molar-refractivity contribution >= 4 is 35.0 Å². The van der Waals surface area contributed by atoms with Crippen LogP contribution in [-0.2, 0) is 4.79 Å². The quantitative estimate of drug-likeness (QED) is 0.648. The lowest BCUT2D eigenvalue weighted by atomic mass is 10.1. The molecule has 2 aromatic rings. The summed E-state index contributed by atoms with van der Waals surface area (Å²) in [5.74, 6) is 0.782. The Kier molecular flexibility index (Phi) is 4.58. The Labute approximate surface area is 150 Å². The van der Waals surface area contributed by atoms with Gasteiger partial charge in [0.2, 0.25) is 0 Å². The Morgan fingerprint density at radius 2 is 1.84 bits per heavy atom. The Bertz CT molecular complexity index is 862. The smallest absolute Gasteiger partial charge is 0.281 e. The van der Waals surface area contributed by atoms with Gasteiger partial charge < -0.3 is 19.9 Å². The monoisotopic (exact) mass is 356 g/mol. The zero-order chi connectivity index (χ0) is 18.0. The molecule has 1 aliphatic heterocycles. The molecule has 1 aliphatic rings. The summed E-state index contributed by atoms with van der Waals surface area (Å²) < 4.78 is 10.1. The standard InChI is InChI=1S/C18H16N2O4S/c1-23-13-6-4-12(5-7-13)20-17(22)14(19-18(20)25)9-11-3-8-16(24-2)15(21)10-11/h3-10,21H,1-2H3,(H,19,25)/b14-9-. The number of phenols is 1. The summed E-state index contributed by atoms with van der Waals surface area (Å²) in [7, 11) is 3.05. The Morgan fingerprint density at radius 1 is 1.12 bits per heavy atom. The maximum absolute atomic E-state index is 12.7. The van der Waals surface area contributed by atoms with Crippen molar-refractivity contribution in [3.8, 4) is 17.2 Å². The summed E-state index contributed by atoms with van der Waals surface area (Å²) in [6.07, 6.45) is 1.62. The van der Waals surface area contributed by atoms with Gasteiger partial charge in [0.1, 0.15) is 11.4 Å². The van der Waals surface area contributed by atoms with Crippen LogP contribution in [0.2, 0.25) is 0 Å². The highest BCUT2D eigenvalue weighted by molar-refractivity contribution is 7.80. The van der Waals surface area contributed by atoms with Gasteiger partial charge >= 0.3 is 0 Å². The van der Waals surface area contributed by atoms with Crippen molar-refractivity contribution in [1.29, 1.82) is 0 Å². The molecule has 6 nitrogen and oxygen atoms in total. The van der Waals surface area contributed by atoms with E-state index in [0.717, 1.165) is 0 Å². The number of nitrogens with one attached hydrogen (secondary N) is 1. The highest BCUT2D eigenvalue weighted by Gasteiger charge is 2.31. The van der Waals surface area contributed by atoms with E-state index in [1.165, 1.54) is 18.1 Å². The topological polar surface area (TPSA) is 71.0 Å². The van der Waals surface area contributed by atoms with E-state index in [0.29, 0.717) is 33.6 Å². The number of hydrogen-bond acceptors (Lipinski definition) is 5. The van der Waals surface area contributed by atoms with Crippen LogP contribution in [0.1, 0.15) is 5.56 Å². The molecule has 0 aliphatic carbocycles. The summed E-state index contributed by atoms with van der Waals surface area (Å²) in [5.41, 5.74) is 1.61. The second kappa shape index (κ2) is 6.82. The van der Waals surface area contributed by atoms with Crippen LogP contribution in [0.5, 0.6) is 17.2 Å². The maximum atomic E-state index is 12.7. The first-order valence-electron chi connectivity index (χ1n) is 7.41. The molecule has 0 bridgehead atoms. The number of ether oxygens (including phenoxy) is 2. The molecule has 25 heavy (non-hydrogen) atoms. The second-order valence-electron chi connectivity index (χ2n) is 5.26. The van der Waals surface area contributed by atoms with Gasteiger partial charge in [0.05, 0.1) is 19.9 Å². The van der Waals surface area contributed by atoms with Crippen molar-refractivity contribution < 1.29 is 19.4 Å². The van der Waals surface area contributed by atoms with E-state index in [-0.39, 0.29) is 11.7 Å². The number of carbonyl (C=O) groups is 1. The number of aromatic hydroxyl groups is 1. The van der Waals surface area contributed by atoms with Crippen LogP contribution in [0.3, 0.4) is 0 Å². The maximum Gasteiger partial charge on any atom is 0.281 e. The first kappa shape index (κ1) is 16.8. The molecule has 0 unspecified atom stereocenters. The fourth-order valence-electron chi connectivity index (χ4n) is 2.46. The van der Waals surface area contributed by atoms with Crippen LogP contribution in [-0.4, -0.2) is 30.3 Å². The first-order valence-corrected chi connectivity index (χ1v) is 7.82. The molecule has 1 fully saturated rings. The molecule has 2 aromatic carbocycles. The van der Waals surface area contributed by atoms with Crippen molar-refractivity contribution in [2.45, 2.75) is 0 Å². The summed E-state index contributed by atoms with van der Waals surface area (Å²) >= 11 is 5.27. The molecule has 1 heterocycles. The van der Waals surface area contributed by atoms with Gasteiger partial charge in [-0.3, -0.25) is 9.69 Å². The zero-order valence-corrected chi connectivity index (χ0v) is 14.5. The average molecular weight is 356 g/mol. The predicted molar refractivity (Wildman–Crippen MR) is 98.8 cm³/mol. The molecule has 2 N–H and O–H groups in total. The molecule has 128 valence electrons. The molecule has 1 saturated heterocycles. The van der Waals surface area contributed by atoms with Gasteiger partial charge in [-0.05, 0) is 60.3 Å². The number of amides is 1. The number of methoxy groups -OCH3 is 2. The SMILES string of the molecule is COc1ccc(N2C(=O)/C(=C/c3ccc(OC)c(O)c3)NC2=S)cc1. The third-order valence-corrected chi connectivity index (χ3v) is 4.01. The van der Waals surface area contributed by atoms with E-state index in [1.54, 1.807) is 49.6 Å². The number of phenolic OH excluding ortho intramolecular Hbond substituents is 1. The molecule has 1 amide bonds. The molecular formula is C18H16N2O4S. The minimum atomic E-state index is -0.273. The number of rotatable bonds is 4. The van der Waals surface area contributed by atoms with E-state index in [1.807, 2.05) is 0 Å². The van der Waals surface area contributed by atoms with E-state index in [4.69, 9.17) is 21.7 Å². The summed E-state index contributed by atoms with van der Waals surface area (Å²) in [4.78, 5) is 14.1. The van der Waals surface area contributed by atoms with Gasteiger partial charge in [-0.15, -0.1) is 0 Å². The van der Waals surface area contributed by atoms with Crippen LogP contribution in [0.15, 0.2) is 48.2 Å². The van der Waals surface area contributed by atoms with E-state index < -0.39 is 0 Å². The van der Waals surface area contributed by atoms with Crippen LogP contribution in [0.4, 0.5) is 5.69 Å². The lowest BCUT2D eigenvalue weighted by molar-refractivity contribution is -0.113. The van der Waals surface area contributed by atoms with Gasteiger partial charge in [-0.25, -0.2) is 0 Å². The van der Waals surface area contributed by atoms with Crippen molar-refractivity contribution in [1.82, 2.24) is 5.32 Å². The summed E-state index contributed by atoms with van der Waals surface area (Å²) in [5, 5.41) is 13.0. The van der Waals surface area contributed by atoms with E-state index in [2.05, 4.69) is 5.32 Å². The normalized spacial score (nSPS) is 15.4. The van der Waals surface area contributed by atoms with E-state index in [9.17, 15) is 9.90 Å². The first-order chi connectivity index (χ1) is 12.0. The number of anilines is 1. The minimum Gasteiger partial charge on any atom is -0.504 e. The van der Waals surface area contributed by atoms with Crippen molar-refractivity contribution in [3.63, 3.8) is 0 Å². The predicted octanol–water partition coefficient (Wildman–Crippen LogP) is 2.67. The zero-order valence-electron chi connectivity index (χ0n) is 13.6. The average Bonchev–Trinajstić information content (AvgIpc) is 2.89. The highest BCUT2D eigenvalue weighted by atomic mass is 32.1. The third kappa shape index (κ3) is 3.27. The van der Waals surface area contributed by atoms with E-state index >= 15 is 0 Å². The molecule has 7 heteroatoms.